The van der Waals surface area contributed by atoms with E-state index in [0.717, 1.165) is 5.56 Å². The minimum atomic E-state index is -0.142. The fourth-order valence-corrected chi connectivity index (χ4v) is 2.47. The second-order valence-electron chi connectivity index (χ2n) is 4.34. The summed E-state index contributed by atoms with van der Waals surface area (Å²) in [6, 6.07) is 16.2. The quantitative estimate of drug-likeness (QED) is 0.831. The lowest BCUT2D eigenvalue weighted by Gasteiger charge is -2.06. The van der Waals surface area contributed by atoms with Crippen LogP contribution in [-0.2, 0) is 11.2 Å². The highest BCUT2D eigenvalue weighted by Crippen LogP contribution is 2.27. The lowest BCUT2D eigenvalue weighted by Crippen LogP contribution is -2.13. The maximum Gasteiger partial charge on any atom is 0.234 e. The van der Waals surface area contributed by atoms with Gasteiger partial charge < -0.3 is 10.4 Å². The van der Waals surface area contributed by atoms with Crippen LogP contribution in [0.2, 0.25) is 0 Å². The number of nitriles is 1. The number of amides is 1. The third-order valence-corrected chi connectivity index (χ3v) is 3.81. The maximum absolute atomic E-state index is 11.8. The molecule has 0 aromatic heterocycles. The van der Waals surface area contributed by atoms with E-state index in [1.807, 2.05) is 18.2 Å². The Labute approximate surface area is 127 Å². The summed E-state index contributed by atoms with van der Waals surface area (Å²) in [5, 5.41) is 21.0. The van der Waals surface area contributed by atoms with Crippen molar-refractivity contribution in [2.45, 2.75) is 11.3 Å². The predicted molar refractivity (Wildman–Crippen MR) is 83.2 cm³/mol. The Morgan fingerprint density at radius 2 is 1.90 bits per heavy atom. The lowest BCUT2D eigenvalue weighted by atomic mass is 10.1. The smallest absolute Gasteiger partial charge is 0.234 e. The summed E-state index contributed by atoms with van der Waals surface area (Å²) in [4.78, 5) is 12.5. The molecule has 0 saturated carbocycles. The van der Waals surface area contributed by atoms with Crippen LogP contribution in [0, 0.1) is 11.3 Å². The fourth-order valence-electron chi connectivity index (χ4n) is 1.72. The Morgan fingerprint density at radius 1 is 1.19 bits per heavy atom. The molecule has 1 amide bonds. The number of nitrogens with zero attached hydrogens (tertiary/aromatic N) is 1. The Morgan fingerprint density at radius 3 is 2.57 bits per heavy atom. The molecule has 4 nitrogen and oxygen atoms in total. The third kappa shape index (κ3) is 4.55. The van der Waals surface area contributed by atoms with Crippen LogP contribution in [0.5, 0.6) is 5.75 Å². The fraction of sp³-hybridized carbons (Fsp3) is 0.125. The molecule has 0 radical (unpaired) electrons. The first-order valence-corrected chi connectivity index (χ1v) is 7.34. The maximum atomic E-state index is 11.8. The SMILES string of the molecule is N#CCc1ccc(NC(=O)CSc2ccccc2O)cc1. The van der Waals surface area contributed by atoms with Gasteiger partial charge in [-0.3, -0.25) is 4.79 Å². The molecule has 0 aliphatic heterocycles. The van der Waals surface area contributed by atoms with Gasteiger partial charge in [-0.1, -0.05) is 24.3 Å². The van der Waals surface area contributed by atoms with Crippen molar-refractivity contribution in [1.29, 1.82) is 5.26 Å². The Balaban J connectivity index is 1.87. The van der Waals surface area contributed by atoms with Crippen LogP contribution in [0.3, 0.4) is 0 Å². The van der Waals surface area contributed by atoms with Gasteiger partial charge in [-0.2, -0.15) is 5.26 Å². The van der Waals surface area contributed by atoms with E-state index in [0.29, 0.717) is 17.0 Å². The standard InChI is InChI=1S/C16H14N2O2S/c17-10-9-12-5-7-13(8-6-12)18-16(20)11-21-15-4-2-1-3-14(15)19/h1-8,19H,9,11H2,(H,18,20). The molecule has 0 fully saturated rings. The van der Waals surface area contributed by atoms with Crippen LogP contribution in [-0.4, -0.2) is 16.8 Å². The van der Waals surface area contributed by atoms with Crippen LogP contribution >= 0.6 is 11.8 Å². The van der Waals surface area contributed by atoms with Gasteiger partial charge in [0.25, 0.3) is 0 Å². The van der Waals surface area contributed by atoms with Gasteiger partial charge in [-0.25, -0.2) is 0 Å². The Kier molecular flexibility index (Phi) is 5.24. The number of benzene rings is 2. The third-order valence-electron chi connectivity index (χ3n) is 2.74. The predicted octanol–water partition coefficient (Wildman–Crippen LogP) is 3.19. The topological polar surface area (TPSA) is 73.1 Å². The molecular weight excluding hydrogens is 284 g/mol. The van der Waals surface area contributed by atoms with Crippen molar-refractivity contribution in [2.75, 3.05) is 11.1 Å². The molecule has 0 atom stereocenters. The van der Waals surface area contributed by atoms with Crippen molar-refractivity contribution in [1.82, 2.24) is 0 Å². The zero-order chi connectivity index (χ0) is 15.1. The first kappa shape index (κ1) is 14.9. The van der Waals surface area contributed by atoms with Gasteiger partial charge in [-0.05, 0) is 29.8 Å². The van der Waals surface area contributed by atoms with Crippen molar-refractivity contribution in [3.63, 3.8) is 0 Å². The highest BCUT2D eigenvalue weighted by molar-refractivity contribution is 8.00. The van der Waals surface area contributed by atoms with E-state index in [-0.39, 0.29) is 17.4 Å². The molecule has 5 heteroatoms. The molecular formula is C16H14N2O2S. The summed E-state index contributed by atoms with van der Waals surface area (Å²) in [6.45, 7) is 0. The van der Waals surface area contributed by atoms with E-state index in [9.17, 15) is 9.90 Å². The normalized spacial score (nSPS) is 9.86. The molecule has 0 aliphatic rings. The summed E-state index contributed by atoms with van der Waals surface area (Å²) in [7, 11) is 0. The van der Waals surface area contributed by atoms with Gasteiger partial charge >= 0.3 is 0 Å². The number of phenols is 1. The molecule has 0 unspecified atom stereocenters. The number of para-hydroxylation sites is 1. The first-order valence-electron chi connectivity index (χ1n) is 6.35. The van der Waals surface area contributed by atoms with Crippen molar-refractivity contribution in [3.05, 3.63) is 54.1 Å². The van der Waals surface area contributed by atoms with E-state index >= 15 is 0 Å². The van der Waals surface area contributed by atoms with Crippen molar-refractivity contribution < 1.29 is 9.90 Å². The molecule has 2 N–H and O–H groups in total. The van der Waals surface area contributed by atoms with Gasteiger partial charge in [0.05, 0.1) is 18.2 Å². The van der Waals surface area contributed by atoms with Gasteiger partial charge in [0.1, 0.15) is 5.75 Å². The number of thioether (sulfide) groups is 1. The van der Waals surface area contributed by atoms with E-state index in [2.05, 4.69) is 11.4 Å². The molecule has 0 saturated heterocycles. The number of hydrogen-bond acceptors (Lipinski definition) is 4. The van der Waals surface area contributed by atoms with Crippen LogP contribution < -0.4 is 5.32 Å². The molecule has 2 rings (SSSR count). The molecule has 0 spiro atoms. The van der Waals surface area contributed by atoms with Crippen molar-refractivity contribution in [2.24, 2.45) is 0 Å². The molecule has 2 aromatic carbocycles. The highest BCUT2D eigenvalue weighted by Gasteiger charge is 2.06. The van der Waals surface area contributed by atoms with E-state index in [1.54, 1.807) is 30.3 Å². The van der Waals surface area contributed by atoms with Gasteiger partial charge in [0, 0.05) is 10.6 Å². The minimum Gasteiger partial charge on any atom is -0.507 e. The minimum absolute atomic E-state index is 0.142. The summed E-state index contributed by atoms with van der Waals surface area (Å²) in [5.41, 5.74) is 1.61. The second kappa shape index (κ2) is 7.36. The van der Waals surface area contributed by atoms with Gasteiger partial charge in [0.2, 0.25) is 5.91 Å². The summed E-state index contributed by atoms with van der Waals surface area (Å²) < 4.78 is 0. The summed E-state index contributed by atoms with van der Waals surface area (Å²) >= 11 is 1.28. The van der Waals surface area contributed by atoms with Crippen LogP contribution in [0.4, 0.5) is 5.69 Å². The van der Waals surface area contributed by atoms with Crippen molar-refractivity contribution >= 4 is 23.4 Å². The monoisotopic (exact) mass is 298 g/mol. The second-order valence-corrected chi connectivity index (χ2v) is 5.35. The number of aromatic hydroxyl groups is 1. The number of nitrogens with one attached hydrogen (secondary N) is 1. The zero-order valence-corrected chi connectivity index (χ0v) is 12.1. The number of rotatable bonds is 5. The number of carbonyl (C=O) groups is 1. The zero-order valence-electron chi connectivity index (χ0n) is 11.2. The molecule has 0 heterocycles. The highest BCUT2D eigenvalue weighted by atomic mass is 32.2. The summed E-state index contributed by atoms with van der Waals surface area (Å²) in [5.74, 6) is 0.254. The molecule has 21 heavy (non-hydrogen) atoms. The molecule has 106 valence electrons. The Hall–Kier alpha value is -2.45. The van der Waals surface area contributed by atoms with Crippen LogP contribution in [0.1, 0.15) is 5.56 Å². The summed E-state index contributed by atoms with van der Waals surface area (Å²) in [6.07, 6.45) is 0.358. The number of carbonyl (C=O) groups excluding carboxylic acids is 1. The average Bonchev–Trinajstić information content (AvgIpc) is 2.49. The van der Waals surface area contributed by atoms with Gasteiger partial charge in [0.15, 0.2) is 0 Å². The van der Waals surface area contributed by atoms with E-state index < -0.39 is 0 Å². The Bertz CT molecular complexity index is 663. The largest absolute Gasteiger partial charge is 0.507 e. The molecule has 0 bridgehead atoms. The van der Waals surface area contributed by atoms with Crippen molar-refractivity contribution in [3.8, 4) is 11.8 Å². The van der Waals surface area contributed by atoms with E-state index in [1.165, 1.54) is 11.8 Å². The number of hydrogen-bond donors (Lipinski definition) is 2. The number of phenolic OH excluding ortho intramolecular Hbond substituents is 1. The molecule has 0 aliphatic carbocycles. The van der Waals surface area contributed by atoms with Crippen LogP contribution in [0.25, 0.3) is 0 Å². The van der Waals surface area contributed by atoms with Crippen LogP contribution in [0.15, 0.2) is 53.4 Å². The van der Waals surface area contributed by atoms with Gasteiger partial charge in [-0.15, -0.1) is 11.8 Å². The number of anilines is 1. The lowest BCUT2D eigenvalue weighted by molar-refractivity contribution is -0.113. The average molecular weight is 298 g/mol. The molecule has 2 aromatic rings. The first-order chi connectivity index (χ1) is 10.2. The van der Waals surface area contributed by atoms with E-state index in [4.69, 9.17) is 5.26 Å².